The lowest BCUT2D eigenvalue weighted by molar-refractivity contribution is 0.1000. The zero-order valence-electron chi connectivity index (χ0n) is 9.93. The minimum absolute atomic E-state index is 0.268. The van der Waals surface area contributed by atoms with Crippen LogP contribution in [0.3, 0.4) is 0 Å². The van der Waals surface area contributed by atoms with E-state index in [0.717, 1.165) is 5.56 Å². The number of aromatic nitrogens is 2. The molecule has 0 radical (unpaired) electrons. The van der Waals surface area contributed by atoms with Crippen molar-refractivity contribution in [3.63, 3.8) is 0 Å². The lowest BCUT2D eigenvalue weighted by Gasteiger charge is -2.08. The van der Waals surface area contributed by atoms with Crippen molar-refractivity contribution in [2.75, 3.05) is 11.1 Å². The van der Waals surface area contributed by atoms with Gasteiger partial charge in [-0.05, 0) is 17.7 Å². The molecule has 0 unspecified atom stereocenters. The number of amides is 1. The number of hydrogen-bond donors (Lipinski definition) is 3. The number of anilines is 2. The number of halogens is 1. The third-order valence-corrected chi connectivity index (χ3v) is 2.72. The van der Waals surface area contributed by atoms with E-state index in [1.54, 1.807) is 12.3 Å². The topological polar surface area (TPSA) is 107 Å². The number of carbonyl (C=O) groups is 1. The summed E-state index contributed by atoms with van der Waals surface area (Å²) in [5.74, 6) is 0.373. The van der Waals surface area contributed by atoms with Crippen molar-refractivity contribution in [2.45, 2.75) is 6.54 Å². The second kappa shape index (κ2) is 5.53. The summed E-state index contributed by atoms with van der Waals surface area (Å²) >= 11 is 6.00. The highest BCUT2D eigenvalue weighted by Crippen LogP contribution is 2.20. The molecule has 0 saturated heterocycles. The van der Waals surface area contributed by atoms with Crippen molar-refractivity contribution in [3.8, 4) is 0 Å². The molecule has 2 aromatic rings. The van der Waals surface area contributed by atoms with Crippen LogP contribution in [0.15, 0.2) is 30.6 Å². The molecule has 6 nitrogen and oxygen atoms in total. The highest BCUT2D eigenvalue weighted by atomic mass is 35.5. The highest BCUT2D eigenvalue weighted by Gasteiger charge is 2.07. The standard InChI is InChI=1S/C12H12ClN5O/c13-9-3-8(11(15)19)6-18-12(9)17-5-7-1-2-10(14)16-4-7/h1-4,6H,5H2,(H2,14,16)(H2,15,19)(H,17,18). The van der Waals surface area contributed by atoms with Crippen molar-refractivity contribution in [1.29, 1.82) is 0 Å². The Morgan fingerprint density at radius 2 is 2.11 bits per heavy atom. The van der Waals surface area contributed by atoms with Crippen molar-refractivity contribution in [2.24, 2.45) is 5.73 Å². The van der Waals surface area contributed by atoms with Gasteiger partial charge in [0, 0.05) is 18.9 Å². The monoisotopic (exact) mass is 277 g/mol. The average Bonchev–Trinajstić information content (AvgIpc) is 2.39. The van der Waals surface area contributed by atoms with Crippen LogP contribution in [0.5, 0.6) is 0 Å². The number of nitrogens with two attached hydrogens (primary N) is 2. The summed E-state index contributed by atoms with van der Waals surface area (Å²) in [4.78, 5) is 19.0. The van der Waals surface area contributed by atoms with E-state index in [2.05, 4.69) is 15.3 Å². The molecule has 0 aliphatic heterocycles. The fourth-order valence-electron chi connectivity index (χ4n) is 1.43. The van der Waals surface area contributed by atoms with Gasteiger partial charge in [-0.15, -0.1) is 0 Å². The summed E-state index contributed by atoms with van der Waals surface area (Å²) in [6, 6.07) is 5.03. The maximum atomic E-state index is 11.0. The first kappa shape index (κ1) is 13.1. The Hall–Kier alpha value is -2.34. The Balaban J connectivity index is 2.07. The van der Waals surface area contributed by atoms with Crippen LogP contribution in [0, 0.1) is 0 Å². The quantitative estimate of drug-likeness (QED) is 0.783. The fourth-order valence-corrected chi connectivity index (χ4v) is 1.66. The molecule has 0 saturated carbocycles. The number of hydrogen-bond acceptors (Lipinski definition) is 5. The predicted octanol–water partition coefficient (Wildman–Crippen LogP) is 1.42. The van der Waals surface area contributed by atoms with Crippen molar-refractivity contribution >= 4 is 29.1 Å². The molecule has 2 aromatic heterocycles. The second-order valence-electron chi connectivity index (χ2n) is 3.86. The SMILES string of the molecule is NC(=O)c1cnc(NCc2ccc(N)nc2)c(Cl)c1. The Labute approximate surface area is 114 Å². The van der Waals surface area contributed by atoms with Crippen LogP contribution in [-0.2, 0) is 6.54 Å². The Morgan fingerprint density at radius 1 is 1.32 bits per heavy atom. The first-order valence-corrected chi connectivity index (χ1v) is 5.83. The molecule has 0 aromatic carbocycles. The molecule has 7 heteroatoms. The number of primary amides is 1. The van der Waals surface area contributed by atoms with Crippen LogP contribution >= 0.6 is 11.6 Å². The van der Waals surface area contributed by atoms with Gasteiger partial charge in [0.25, 0.3) is 0 Å². The largest absolute Gasteiger partial charge is 0.384 e. The Morgan fingerprint density at radius 3 is 2.68 bits per heavy atom. The van der Waals surface area contributed by atoms with Gasteiger partial charge in [0.05, 0.1) is 10.6 Å². The number of rotatable bonds is 4. The summed E-state index contributed by atoms with van der Waals surface area (Å²) in [5, 5.41) is 3.37. The molecule has 0 aliphatic carbocycles. The summed E-state index contributed by atoms with van der Waals surface area (Å²) in [6.07, 6.45) is 3.03. The van der Waals surface area contributed by atoms with Gasteiger partial charge in [-0.2, -0.15) is 0 Å². The van der Waals surface area contributed by atoms with Gasteiger partial charge in [-0.25, -0.2) is 9.97 Å². The number of pyridine rings is 2. The van der Waals surface area contributed by atoms with Crippen molar-refractivity contribution in [1.82, 2.24) is 9.97 Å². The zero-order valence-corrected chi connectivity index (χ0v) is 10.7. The molecular weight excluding hydrogens is 266 g/mol. The van der Waals surface area contributed by atoms with Crippen molar-refractivity contribution < 1.29 is 4.79 Å². The van der Waals surface area contributed by atoms with Gasteiger partial charge >= 0.3 is 0 Å². The third-order valence-electron chi connectivity index (χ3n) is 2.43. The van der Waals surface area contributed by atoms with Crippen LogP contribution in [-0.4, -0.2) is 15.9 Å². The first-order valence-electron chi connectivity index (χ1n) is 5.46. The third kappa shape index (κ3) is 3.32. The number of nitrogens with zero attached hydrogens (tertiary/aromatic N) is 2. The summed E-state index contributed by atoms with van der Waals surface area (Å²) in [6.45, 7) is 0.496. The molecule has 98 valence electrons. The molecule has 2 rings (SSSR count). The second-order valence-corrected chi connectivity index (χ2v) is 4.27. The number of carbonyl (C=O) groups excluding carboxylic acids is 1. The van der Waals surface area contributed by atoms with Gasteiger partial charge in [0.1, 0.15) is 11.6 Å². The van der Waals surface area contributed by atoms with E-state index in [9.17, 15) is 4.79 Å². The van der Waals surface area contributed by atoms with Crippen LogP contribution in [0.4, 0.5) is 11.6 Å². The summed E-state index contributed by atoms with van der Waals surface area (Å²) in [5.41, 5.74) is 11.8. The lowest BCUT2D eigenvalue weighted by Crippen LogP contribution is -2.12. The predicted molar refractivity (Wildman–Crippen MR) is 73.7 cm³/mol. The van der Waals surface area contributed by atoms with Gasteiger partial charge in [-0.3, -0.25) is 4.79 Å². The van der Waals surface area contributed by atoms with E-state index in [-0.39, 0.29) is 5.56 Å². The molecule has 1 amide bonds. The van der Waals surface area contributed by atoms with Gasteiger partial charge in [0.2, 0.25) is 5.91 Å². The summed E-state index contributed by atoms with van der Waals surface area (Å²) in [7, 11) is 0. The minimum Gasteiger partial charge on any atom is -0.384 e. The molecule has 0 spiro atoms. The Bertz CT molecular complexity index is 600. The van der Waals surface area contributed by atoms with E-state index >= 15 is 0 Å². The van der Waals surface area contributed by atoms with E-state index in [4.69, 9.17) is 23.1 Å². The molecule has 2 heterocycles. The fraction of sp³-hybridized carbons (Fsp3) is 0.0833. The van der Waals surface area contributed by atoms with E-state index < -0.39 is 5.91 Å². The maximum absolute atomic E-state index is 11.0. The maximum Gasteiger partial charge on any atom is 0.250 e. The van der Waals surface area contributed by atoms with Crippen molar-refractivity contribution in [3.05, 3.63) is 46.7 Å². The molecule has 5 N–H and O–H groups in total. The molecular formula is C12H12ClN5O. The van der Waals surface area contributed by atoms with Crippen LogP contribution < -0.4 is 16.8 Å². The molecule has 19 heavy (non-hydrogen) atoms. The molecule has 0 aliphatic rings. The smallest absolute Gasteiger partial charge is 0.250 e. The summed E-state index contributed by atoms with van der Waals surface area (Å²) < 4.78 is 0. The van der Waals surface area contributed by atoms with E-state index in [1.165, 1.54) is 12.3 Å². The average molecular weight is 278 g/mol. The van der Waals surface area contributed by atoms with E-state index in [1.807, 2.05) is 6.07 Å². The van der Waals surface area contributed by atoms with E-state index in [0.29, 0.717) is 23.2 Å². The lowest BCUT2D eigenvalue weighted by atomic mass is 10.2. The highest BCUT2D eigenvalue weighted by molar-refractivity contribution is 6.33. The zero-order chi connectivity index (χ0) is 13.8. The Kier molecular flexibility index (Phi) is 3.82. The molecule has 0 atom stereocenters. The van der Waals surface area contributed by atoms with Crippen LogP contribution in [0.2, 0.25) is 5.02 Å². The van der Waals surface area contributed by atoms with Crippen LogP contribution in [0.25, 0.3) is 0 Å². The van der Waals surface area contributed by atoms with Gasteiger partial charge in [0.15, 0.2) is 0 Å². The van der Waals surface area contributed by atoms with Gasteiger partial charge in [-0.1, -0.05) is 17.7 Å². The van der Waals surface area contributed by atoms with Gasteiger partial charge < -0.3 is 16.8 Å². The number of nitrogen functional groups attached to an aromatic ring is 1. The molecule has 0 bridgehead atoms. The normalized spacial score (nSPS) is 10.2. The van der Waals surface area contributed by atoms with Crippen LogP contribution in [0.1, 0.15) is 15.9 Å². The molecule has 0 fully saturated rings. The minimum atomic E-state index is -0.566. The first-order chi connectivity index (χ1) is 9.06. The number of nitrogens with one attached hydrogen (secondary N) is 1.